The number of nitrogens with zero attached hydrogens (tertiary/aromatic N) is 6. The van der Waals surface area contributed by atoms with Crippen LogP contribution in [0.1, 0.15) is 38.0 Å². The number of urea groups is 1. The van der Waals surface area contributed by atoms with E-state index in [4.69, 9.17) is 16.0 Å². The summed E-state index contributed by atoms with van der Waals surface area (Å²) in [6, 6.07) is 4.76. The van der Waals surface area contributed by atoms with Crippen LogP contribution >= 0.6 is 11.6 Å². The van der Waals surface area contributed by atoms with Crippen molar-refractivity contribution in [2.45, 2.75) is 51.0 Å². The molecule has 3 aliphatic rings. The lowest BCUT2D eigenvalue weighted by Gasteiger charge is -2.61. The summed E-state index contributed by atoms with van der Waals surface area (Å²) in [6.07, 6.45) is 3.69. The molecular formula is C21H22ClF2N7O3. The van der Waals surface area contributed by atoms with Gasteiger partial charge in [0.25, 0.3) is 0 Å². The maximum Gasteiger partial charge on any atom is 0.345 e. The first kappa shape index (κ1) is 22.7. The van der Waals surface area contributed by atoms with Crippen molar-refractivity contribution in [1.82, 2.24) is 29.9 Å². The number of aromatic nitrogens is 5. The molecule has 3 atom stereocenters. The zero-order valence-electron chi connectivity index (χ0n) is 18.4. The Hall–Kier alpha value is -3.12. The van der Waals surface area contributed by atoms with Crippen molar-refractivity contribution in [2.75, 3.05) is 5.32 Å². The fraction of sp³-hybridized carbons (Fsp3) is 0.476. The summed E-state index contributed by atoms with van der Waals surface area (Å²) in [5.74, 6) is 0.941. The molecule has 3 aromatic rings. The molecule has 4 heterocycles. The van der Waals surface area contributed by atoms with Gasteiger partial charge in [-0.3, -0.25) is 4.68 Å². The van der Waals surface area contributed by atoms with Gasteiger partial charge >= 0.3 is 12.6 Å². The number of ether oxygens (including phenoxy) is 1. The Labute approximate surface area is 198 Å². The SMILES string of the molecule is C[C@H]1C[C@@H]2C[C@](c3nnc(COC(F)F)o3)(C1)N2C(=O)Nc1ccc(Cl)c(-c2ncn(C)n2)c1. The normalized spacial score (nSPS) is 23.8. The number of fused-ring (bicyclic) bond motifs is 2. The Bertz CT molecular complexity index is 1220. The van der Waals surface area contributed by atoms with Gasteiger partial charge in [0.2, 0.25) is 11.8 Å². The number of benzene rings is 1. The fourth-order valence-electron chi connectivity index (χ4n) is 5.00. The van der Waals surface area contributed by atoms with Crippen molar-refractivity contribution in [1.29, 1.82) is 0 Å². The van der Waals surface area contributed by atoms with Crippen LogP contribution in [0.2, 0.25) is 5.02 Å². The molecule has 1 saturated carbocycles. The number of rotatable bonds is 6. The van der Waals surface area contributed by atoms with E-state index in [-0.39, 0.29) is 23.9 Å². The van der Waals surface area contributed by atoms with Gasteiger partial charge in [-0.1, -0.05) is 18.5 Å². The number of carbonyl (C=O) groups is 1. The second-order valence-electron chi connectivity index (χ2n) is 8.74. The second kappa shape index (κ2) is 8.58. The molecule has 1 aliphatic carbocycles. The van der Waals surface area contributed by atoms with E-state index in [0.717, 1.165) is 6.42 Å². The van der Waals surface area contributed by atoms with Gasteiger partial charge in [0.1, 0.15) is 18.5 Å². The molecule has 2 aliphatic heterocycles. The summed E-state index contributed by atoms with van der Waals surface area (Å²) in [5.41, 5.74) is 0.328. The number of halogens is 3. The summed E-state index contributed by atoms with van der Waals surface area (Å²) < 4.78 is 36.2. The molecule has 2 bridgehead atoms. The van der Waals surface area contributed by atoms with Crippen LogP contribution in [0.3, 0.4) is 0 Å². The van der Waals surface area contributed by atoms with E-state index in [1.54, 1.807) is 41.2 Å². The fourth-order valence-corrected chi connectivity index (χ4v) is 5.21. The van der Waals surface area contributed by atoms with Crippen LogP contribution in [0.15, 0.2) is 28.9 Å². The molecule has 1 aromatic carbocycles. The second-order valence-corrected chi connectivity index (χ2v) is 9.15. The number of aryl methyl sites for hydroxylation is 1. The molecule has 10 nitrogen and oxygen atoms in total. The molecule has 0 radical (unpaired) electrons. The third-order valence-corrected chi connectivity index (χ3v) is 6.56. The van der Waals surface area contributed by atoms with Gasteiger partial charge < -0.3 is 19.4 Å². The molecule has 1 N–H and O–H groups in total. The monoisotopic (exact) mass is 493 g/mol. The van der Waals surface area contributed by atoms with Crippen LogP contribution in [0.25, 0.3) is 11.4 Å². The number of carbonyl (C=O) groups excluding carboxylic acids is 1. The van der Waals surface area contributed by atoms with Gasteiger partial charge in [-0.05, 0) is 37.0 Å². The summed E-state index contributed by atoms with van der Waals surface area (Å²) in [4.78, 5) is 19.3. The molecule has 2 amide bonds. The van der Waals surface area contributed by atoms with E-state index < -0.39 is 18.8 Å². The number of amides is 2. The molecule has 2 aromatic heterocycles. The number of piperidine rings is 1. The first-order chi connectivity index (χ1) is 16.2. The van der Waals surface area contributed by atoms with Gasteiger partial charge in [-0.2, -0.15) is 13.9 Å². The van der Waals surface area contributed by atoms with Gasteiger partial charge in [-0.25, -0.2) is 9.78 Å². The molecule has 3 fully saturated rings. The van der Waals surface area contributed by atoms with Crippen molar-refractivity contribution in [3.8, 4) is 11.4 Å². The Balaban J connectivity index is 1.38. The minimum atomic E-state index is -2.94. The highest BCUT2D eigenvalue weighted by molar-refractivity contribution is 6.33. The van der Waals surface area contributed by atoms with E-state index in [2.05, 4.69) is 37.3 Å². The van der Waals surface area contributed by atoms with Crippen LogP contribution in [0.4, 0.5) is 19.3 Å². The Kier molecular flexibility index (Phi) is 5.72. The van der Waals surface area contributed by atoms with E-state index >= 15 is 0 Å². The standard InChI is InChI=1S/C21H22ClF2N7O3/c1-11-5-13-8-21(7-11,18-28-27-16(34-18)9-33-19(23)24)31(13)20(32)26-12-3-4-15(22)14(6-12)17-25-10-30(2)29-17/h3-4,6,10-11,13,19H,5,7-9H2,1-2H3,(H,26,32)/t11-,13+,21-/m0/s1. The third kappa shape index (κ3) is 4.00. The van der Waals surface area contributed by atoms with Gasteiger partial charge in [-0.15, -0.1) is 10.2 Å². The van der Waals surface area contributed by atoms with Crippen LogP contribution in [0.5, 0.6) is 0 Å². The molecule has 180 valence electrons. The summed E-state index contributed by atoms with van der Waals surface area (Å²) >= 11 is 6.32. The first-order valence-electron chi connectivity index (χ1n) is 10.7. The predicted molar refractivity (Wildman–Crippen MR) is 116 cm³/mol. The van der Waals surface area contributed by atoms with Crippen molar-refractivity contribution in [2.24, 2.45) is 13.0 Å². The molecule has 0 unspecified atom stereocenters. The molecule has 13 heteroatoms. The minimum Gasteiger partial charge on any atom is -0.420 e. The van der Waals surface area contributed by atoms with Gasteiger partial charge in [0, 0.05) is 30.8 Å². The Morgan fingerprint density at radius 3 is 2.94 bits per heavy atom. The average molecular weight is 494 g/mol. The zero-order chi connectivity index (χ0) is 24.0. The molecule has 0 spiro atoms. The van der Waals surface area contributed by atoms with Gasteiger partial charge in [0.05, 0.1) is 5.02 Å². The first-order valence-corrected chi connectivity index (χ1v) is 11.1. The van der Waals surface area contributed by atoms with E-state index in [9.17, 15) is 13.6 Å². The summed E-state index contributed by atoms with van der Waals surface area (Å²) in [5, 5.41) is 15.6. The minimum absolute atomic E-state index is 0.000594. The Morgan fingerprint density at radius 2 is 2.21 bits per heavy atom. The predicted octanol–water partition coefficient (Wildman–Crippen LogP) is 4.19. The average Bonchev–Trinajstić information content (AvgIpc) is 3.42. The van der Waals surface area contributed by atoms with Crippen LogP contribution < -0.4 is 5.32 Å². The topological polar surface area (TPSA) is 111 Å². The number of nitrogens with one attached hydrogen (secondary N) is 1. The number of hydrogen-bond donors (Lipinski definition) is 1. The Morgan fingerprint density at radius 1 is 1.38 bits per heavy atom. The lowest BCUT2D eigenvalue weighted by Crippen LogP contribution is -2.70. The maximum absolute atomic E-state index is 13.4. The number of alkyl halides is 2. The molecular weight excluding hydrogens is 472 g/mol. The highest BCUT2D eigenvalue weighted by Gasteiger charge is 2.62. The van der Waals surface area contributed by atoms with Crippen molar-refractivity contribution in [3.05, 3.63) is 41.3 Å². The van der Waals surface area contributed by atoms with Crippen molar-refractivity contribution < 1.29 is 22.7 Å². The van der Waals surface area contributed by atoms with Crippen LogP contribution in [-0.2, 0) is 23.9 Å². The van der Waals surface area contributed by atoms with Crippen molar-refractivity contribution in [3.63, 3.8) is 0 Å². The smallest absolute Gasteiger partial charge is 0.345 e. The summed E-state index contributed by atoms with van der Waals surface area (Å²) in [6.45, 7) is -1.34. The van der Waals surface area contributed by atoms with Crippen LogP contribution in [-0.4, -0.2) is 48.5 Å². The highest BCUT2D eigenvalue weighted by Crippen LogP contribution is 2.55. The zero-order valence-corrected chi connectivity index (χ0v) is 19.2. The molecule has 2 saturated heterocycles. The lowest BCUT2D eigenvalue weighted by molar-refractivity contribution is -0.143. The largest absolute Gasteiger partial charge is 0.420 e. The van der Waals surface area contributed by atoms with Gasteiger partial charge in [0.15, 0.2) is 5.82 Å². The third-order valence-electron chi connectivity index (χ3n) is 6.23. The van der Waals surface area contributed by atoms with E-state index in [1.807, 2.05) is 0 Å². The maximum atomic E-state index is 13.4. The number of anilines is 1. The summed E-state index contributed by atoms with van der Waals surface area (Å²) in [7, 11) is 1.75. The van der Waals surface area contributed by atoms with E-state index in [1.165, 1.54) is 0 Å². The van der Waals surface area contributed by atoms with Crippen LogP contribution in [0, 0.1) is 5.92 Å². The lowest BCUT2D eigenvalue weighted by atomic mass is 9.64. The van der Waals surface area contributed by atoms with Crippen molar-refractivity contribution >= 4 is 23.3 Å². The highest BCUT2D eigenvalue weighted by atomic mass is 35.5. The number of hydrogen-bond acceptors (Lipinski definition) is 7. The molecule has 34 heavy (non-hydrogen) atoms. The quantitative estimate of drug-likeness (QED) is 0.548. The van der Waals surface area contributed by atoms with E-state index in [0.29, 0.717) is 40.9 Å². The molecule has 6 rings (SSSR count).